The van der Waals surface area contributed by atoms with Gasteiger partial charge in [-0.05, 0) is 36.8 Å². The molecule has 0 bridgehead atoms. The summed E-state index contributed by atoms with van der Waals surface area (Å²) in [4.78, 5) is 35.8. The molecule has 2 amide bonds. The lowest BCUT2D eigenvalue weighted by atomic mass is 9.87. The molecule has 1 atom stereocenters. The number of amides is 2. The minimum atomic E-state index is -0.573. The number of ether oxygens (including phenoxy) is 1. The second-order valence-electron chi connectivity index (χ2n) is 5.38. The first-order chi connectivity index (χ1) is 10.5. The number of fused-ring (bicyclic) bond motifs is 1. The molecule has 1 aromatic heterocycles. The van der Waals surface area contributed by atoms with Gasteiger partial charge in [0.05, 0.1) is 0 Å². The first-order valence-electron chi connectivity index (χ1n) is 7.33. The molecule has 2 rings (SSSR count). The molecule has 0 fully saturated rings. The number of rotatable bonds is 4. The second-order valence-corrected chi connectivity index (χ2v) is 6.52. The SMILES string of the molecule is CC[C@@H]1CCc2sc(C(=O)OCC(=O)NNC(C)=O)cc2C1. The number of carbonyl (C=O) groups excluding carboxylic acids is 3. The van der Waals surface area contributed by atoms with Gasteiger partial charge in [0.15, 0.2) is 6.61 Å². The van der Waals surface area contributed by atoms with Crippen LogP contribution in [0.1, 0.15) is 46.8 Å². The fourth-order valence-electron chi connectivity index (χ4n) is 2.44. The second kappa shape index (κ2) is 7.40. The van der Waals surface area contributed by atoms with Crippen molar-refractivity contribution in [3.05, 3.63) is 21.4 Å². The van der Waals surface area contributed by atoms with E-state index >= 15 is 0 Å². The number of carbonyl (C=O) groups is 3. The summed E-state index contributed by atoms with van der Waals surface area (Å²) in [6.07, 6.45) is 4.34. The Balaban J connectivity index is 1.87. The first-order valence-corrected chi connectivity index (χ1v) is 8.15. The van der Waals surface area contributed by atoms with Crippen LogP contribution >= 0.6 is 11.3 Å². The van der Waals surface area contributed by atoms with Gasteiger partial charge in [0.1, 0.15) is 4.88 Å². The third kappa shape index (κ3) is 4.30. The molecule has 0 radical (unpaired) electrons. The summed E-state index contributed by atoms with van der Waals surface area (Å²) in [7, 11) is 0. The van der Waals surface area contributed by atoms with Gasteiger partial charge in [0, 0.05) is 11.8 Å². The van der Waals surface area contributed by atoms with Crippen LogP contribution in [0, 0.1) is 5.92 Å². The third-order valence-electron chi connectivity index (χ3n) is 3.68. The molecule has 6 nitrogen and oxygen atoms in total. The molecule has 1 aromatic rings. The molecule has 2 N–H and O–H groups in total. The summed E-state index contributed by atoms with van der Waals surface area (Å²) in [5, 5.41) is 0. The van der Waals surface area contributed by atoms with Crippen molar-refractivity contribution in [3.63, 3.8) is 0 Å². The molecule has 0 spiro atoms. The van der Waals surface area contributed by atoms with Gasteiger partial charge in [-0.2, -0.15) is 0 Å². The Morgan fingerprint density at radius 3 is 2.82 bits per heavy atom. The standard InChI is InChI=1S/C15H20N2O4S/c1-3-10-4-5-12-11(6-10)7-13(22-12)15(20)21-8-14(19)17-16-9(2)18/h7,10H,3-6,8H2,1-2H3,(H,16,18)(H,17,19)/t10-/m1/s1. The Hall–Kier alpha value is -1.89. The highest BCUT2D eigenvalue weighted by Gasteiger charge is 2.22. The summed E-state index contributed by atoms with van der Waals surface area (Å²) in [6.45, 7) is 3.04. The molecule has 120 valence electrons. The van der Waals surface area contributed by atoms with Gasteiger partial charge in [-0.1, -0.05) is 13.3 Å². The van der Waals surface area contributed by atoms with Crippen LogP contribution < -0.4 is 10.9 Å². The van der Waals surface area contributed by atoms with Crippen molar-refractivity contribution in [3.8, 4) is 0 Å². The fraction of sp³-hybridized carbons (Fsp3) is 0.533. The van der Waals surface area contributed by atoms with Crippen LogP contribution in [-0.4, -0.2) is 24.4 Å². The molecule has 0 aliphatic heterocycles. The van der Waals surface area contributed by atoms with Crippen molar-refractivity contribution in [2.45, 2.75) is 39.5 Å². The van der Waals surface area contributed by atoms with Gasteiger partial charge in [-0.25, -0.2) is 4.79 Å². The van der Waals surface area contributed by atoms with Crippen molar-refractivity contribution < 1.29 is 19.1 Å². The van der Waals surface area contributed by atoms with Crippen LogP contribution in [0.3, 0.4) is 0 Å². The fourth-order valence-corrected chi connectivity index (χ4v) is 3.55. The maximum Gasteiger partial charge on any atom is 0.348 e. The van der Waals surface area contributed by atoms with Crippen LogP contribution in [0.25, 0.3) is 0 Å². The predicted octanol–water partition coefficient (Wildman–Crippen LogP) is 1.59. The van der Waals surface area contributed by atoms with Crippen LogP contribution in [0.4, 0.5) is 0 Å². The molecule has 1 heterocycles. The molecule has 0 saturated heterocycles. The lowest BCUT2D eigenvalue weighted by Gasteiger charge is -2.19. The zero-order chi connectivity index (χ0) is 16.1. The average molecular weight is 324 g/mol. The van der Waals surface area contributed by atoms with Gasteiger partial charge in [-0.3, -0.25) is 20.4 Å². The Kier molecular flexibility index (Phi) is 5.54. The topological polar surface area (TPSA) is 84.5 Å². The number of thiophene rings is 1. The smallest absolute Gasteiger partial charge is 0.348 e. The van der Waals surface area contributed by atoms with Gasteiger partial charge in [-0.15, -0.1) is 11.3 Å². The van der Waals surface area contributed by atoms with Gasteiger partial charge >= 0.3 is 5.97 Å². The van der Waals surface area contributed by atoms with E-state index in [1.165, 1.54) is 28.7 Å². The Morgan fingerprint density at radius 1 is 1.36 bits per heavy atom. The highest BCUT2D eigenvalue weighted by Crippen LogP contribution is 2.33. The van der Waals surface area contributed by atoms with E-state index in [1.807, 2.05) is 6.07 Å². The van der Waals surface area contributed by atoms with Crippen molar-refractivity contribution in [2.75, 3.05) is 6.61 Å². The van der Waals surface area contributed by atoms with Gasteiger partial charge in [0.25, 0.3) is 5.91 Å². The number of nitrogens with one attached hydrogen (secondary N) is 2. The zero-order valence-electron chi connectivity index (χ0n) is 12.7. The summed E-state index contributed by atoms with van der Waals surface area (Å²) >= 11 is 1.45. The number of hydrogen-bond donors (Lipinski definition) is 2. The minimum Gasteiger partial charge on any atom is -0.451 e. The van der Waals surface area contributed by atoms with E-state index in [-0.39, 0.29) is 0 Å². The zero-order valence-corrected chi connectivity index (χ0v) is 13.5. The van der Waals surface area contributed by atoms with Crippen LogP contribution in [0.5, 0.6) is 0 Å². The van der Waals surface area contributed by atoms with E-state index in [1.54, 1.807) is 0 Å². The summed E-state index contributed by atoms with van der Waals surface area (Å²) < 4.78 is 4.96. The molecule has 22 heavy (non-hydrogen) atoms. The Morgan fingerprint density at radius 2 is 2.14 bits per heavy atom. The highest BCUT2D eigenvalue weighted by molar-refractivity contribution is 7.14. The molecule has 7 heteroatoms. The van der Waals surface area contributed by atoms with E-state index < -0.39 is 24.4 Å². The summed E-state index contributed by atoms with van der Waals surface area (Å²) in [6, 6.07) is 1.88. The van der Waals surface area contributed by atoms with Crippen molar-refractivity contribution in [1.29, 1.82) is 0 Å². The van der Waals surface area contributed by atoms with Gasteiger partial charge < -0.3 is 4.74 Å². The molecule has 0 aromatic carbocycles. The molecule has 1 aliphatic carbocycles. The largest absolute Gasteiger partial charge is 0.451 e. The van der Waals surface area contributed by atoms with Gasteiger partial charge in [0.2, 0.25) is 5.91 Å². The molecule has 0 unspecified atom stereocenters. The van der Waals surface area contributed by atoms with E-state index in [4.69, 9.17) is 4.74 Å². The van der Waals surface area contributed by atoms with E-state index in [9.17, 15) is 14.4 Å². The maximum atomic E-state index is 12.0. The van der Waals surface area contributed by atoms with Crippen molar-refractivity contribution >= 4 is 29.1 Å². The van der Waals surface area contributed by atoms with Crippen LogP contribution in [-0.2, 0) is 27.2 Å². The summed E-state index contributed by atoms with van der Waals surface area (Å²) in [5.74, 6) is -0.771. The summed E-state index contributed by atoms with van der Waals surface area (Å²) in [5.41, 5.74) is 5.51. The lowest BCUT2D eigenvalue weighted by Crippen LogP contribution is -2.42. The quantitative estimate of drug-likeness (QED) is 0.650. The number of hydrazine groups is 1. The third-order valence-corrected chi connectivity index (χ3v) is 4.89. The average Bonchev–Trinajstić information content (AvgIpc) is 2.93. The van der Waals surface area contributed by atoms with E-state index in [0.717, 1.165) is 25.7 Å². The van der Waals surface area contributed by atoms with Crippen LogP contribution in [0.15, 0.2) is 6.07 Å². The normalized spacial score (nSPS) is 16.5. The first kappa shape index (κ1) is 16.5. The molecular formula is C15H20N2O4S. The molecular weight excluding hydrogens is 304 g/mol. The lowest BCUT2D eigenvalue weighted by molar-refractivity contribution is -0.129. The van der Waals surface area contributed by atoms with Crippen molar-refractivity contribution in [2.24, 2.45) is 5.92 Å². The Labute approximate surface area is 133 Å². The van der Waals surface area contributed by atoms with Crippen LogP contribution in [0.2, 0.25) is 0 Å². The maximum absolute atomic E-state index is 12.0. The highest BCUT2D eigenvalue weighted by atomic mass is 32.1. The number of aryl methyl sites for hydroxylation is 1. The molecule has 0 saturated carbocycles. The molecule has 1 aliphatic rings. The van der Waals surface area contributed by atoms with E-state index in [2.05, 4.69) is 17.8 Å². The number of hydrogen-bond acceptors (Lipinski definition) is 5. The van der Waals surface area contributed by atoms with Crippen molar-refractivity contribution in [1.82, 2.24) is 10.9 Å². The minimum absolute atomic E-state index is 0.393. The Bertz CT molecular complexity index is 582. The monoisotopic (exact) mass is 324 g/mol. The number of esters is 1. The predicted molar refractivity (Wildman–Crippen MR) is 82.4 cm³/mol. The van der Waals surface area contributed by atoms with E-state index in [0.29, 0.717) is 10.8 Å².